The van der Waals surface area contributed by atoms with Gasteiger partial charge in [-0.3, -0.25) is 4.79 Å². The number of aliphatic hydroxyl groups excluding tert-OH is 1. The number of anilines is 1. The average Bonchev–Trinajstić information content (AvgIpc) is 2.54. The zero-order valence-electron chi connectivity index (χ0n) is 11.8. The first kappa shape index (κ1) is 15.3. The van der Waals surface area contributed by atoms with E-state index in [1.807, 2.05) is 24.3 Å². The van der Waals surface area contributed by atoms with E-state index in [0.717, 1.165) is 37.6 Å². The van der Waals surface area contributed by atoms with Crippen molar-refractivity contribution in [2.45, 2.75) is 12.5 Å². The molecule has 0 aromatic heterocycles. The molecule has 1 fully saturated rings. The van der Waals surface area contributed by atoms with Crippen LogP contribution < -0.4 is 10.2 Å². The summed E-state index contributed by atoms with van der Waals surface area (Å²) in [7, 11) is 0. The highest BCUT2D eigenvalue weighted by molar-refractivity contribution is 5.77. The van der Waals surface area contributed by atoms with Crippen molar-refractivity contribution >= 4 is 11.6 Å². The summed E-state index contributed by atoms with van der Waals surface area (Å²) in [5.41, 5.74) is 1.84. The van der Waals surface area contributed by atoms with Crippen LogP contribution in [0.4, 0.5) is 5.69 Å². The minimum absolute atomic E-state index is 0.109. The van der Waals surface area contributed by atoms with Crippen LogP contribution in [-0.2, 0) is 9.53 Å². The maximum Gasteiger partial charge on any atom is 0.234 e. The van der Waals surface area contributed by atoms with Crippen molar-refractivity contribution in [3.8, 4) is 6.07 Å². The van der Waals surface area contributed by atoms with E-state index in [4.69, 9.17) is 10.00 Å². The quantitative estimate of drug-likeness (QED) is 0.828. The number of carbonyl (C=O) groups is 1. The number of morpholine rings is 1. The number of benzene rings is 1. The highest BCUT2D eigenvalue weighted by Gasteiger charge is 2.13. The summed E-state index contributed by atoms with van der Waals surface area (Å²) in [6.07, 6.45) is -0.964. The Hall–Kier alpha value is -2.10. The molecule has 0 spiro atoms. The lowest BCUT2D eigenvalue weighted by atomic mass is 10.1. The fraction of sp³-hybridized carbons (Fsp3) is 0.467. The molecule has 6 heteroatoms. The molecule has 112 valence electrons. The lowest BCUT2D eigenvalue weighted by Gasteiger charge is -2.29. The van der Waals surface area contributed by atoms with Gasteiger partial charge in [0.25, 0.3) is 0 Å². The SMILES string of the molecule is N#CCC(=O)NCC(O)c1ccc(N2CCOCC2)cc1. The number of carbonyl (C=O) groups excluding carboxylic acids is 1. The van der Waals surface area contributed by atoms with Gasteiger partial charge < -0.3 is 20.1 Å². The summed E-state index contributed by atoms with van der Waals surface area (Å²) in [6.45, 7) is 3.31. The molecule has 1 aromatic rings. The van der Waals surface area contributed by atoms with Crippen molar-refractivity contribution in [3.63, 3.8) is 0 Å². The largest absolute Gasteiger partial charge is 0.387 e. The van der Waals surface area contributed by atoms with Crippen LogP contribution >= 0.6 is 0 Å². The summed E-state index contributed by atoms with van der Waals surface area (Å²) in [5.74, 6) is -0.374. The summed E-state index contributed by atoms with van der Waals surface area (Å²) >= 11 is 0. The Morgan fingerprint density at radius 2 is 2.05 bits per heavy atom. The van der Waals surface area contributed by atoms with Gasteiger partial charge in [-0.1, -0.05) is 12.1 Å². The fourth-order valence-corrected chi connectivity index (χ4v) is 2.19. The molecule has 1 aliphatic rings. The average molecular weight is 289 g/mol. The van der Waals surface area contributed by atoms with E-state index in [1.165, 1.54) is 0 Å². The number of nitrogens with zero attached hydrogens (tertiary/aromatic N) is 2. The lowest BCUT2D eigenvalue weighted by Crippen LogP contribution is -2.36. The summed E-state index contributed by atoms with van der Waals surface area (Å²) in [5, 5.41) is 20.9. The number of rotatable bonds is 5. The number of nitrogens with one attached hydrogen (secondary N) is 1. The summed E-state index contributed by atoms with van der Waals surface area (Å²) in [6, 6.07) is 9.39. The zero-order chi connectivity index (χ0) is 15.1. The second-order valence-electron chi connectivity index (χ2n) is 4.85. The highest BCUT2D eigenvalue weighted by atomic mass is 16.5. The molecule has 1 aromatic carbocycles. The molecule has 1 amide bonds. The molecule has 2 N–H and O–H groups in total. The minimum atomic E-state index is -0.772. The van der Waals surface area contributed by atoms with Crippen molar-refractivity contribution in [2.24, 2.45) is 0 Å². The van der Waals surface area contributed by atoms with E-state index < -0.39 is 6.10 Å². The first-order valence-electron chi connectivity index (χ1n) is 6.95. The Morgan fingerprint density at radius 1 is 1.38 bits per heavy atom. The molecule has 2 rings (SSSR count). The van der Waals surface area contributed by atoms with Gasteiger partial charge >= 0.3 is 0 Å². The van der Waals surface area contributed by atoms with Gasteiger partial charge in [-0.2, -0.15) is 5.26 Å². The van der Waals surface area contributed by atoms with Crippen LogP contribution in [0.3, 0.4) is 0 Å². The highest BCUT2D eigenvalue weighted by Crippen LogP contribution is 2.20. The van der Waals surface area contributed by atoms with Gasteiger partial charge in [0.2, 0.25) is 5.91 Å². The maximum absolute atomic E-state index is 11.2. The van der Waals surface area contributed by atoms with E-state index in [1.54, 1.807) is 6.07 Å². The molecular formula is C15H19N3O3. The third kappa shape index (κ3) is 4.45. The minimum Gasteiger partial charge on any atom is -0.387 e. The Morgan fingerprint density at radius 3 is 2.67 bits per heavy atom. The number of hydrogen-bond donors (Lipinski definition) is 2. The van der Waals surface area contributed by atoms with E-state index in [-0.39, 0.29) is 18.9 Å². The van der Waals surface area contributed by atoms with Gasteiger partial charge in [0.05, 0.1) is 25.4 Å². The Balaban J connectivity index is 1.89. The molecule has 1 atom stereocenters. The number of nitriles is 1. The van der Waals surface area contributed by atoms with Gasteiger partial charge in [0.15, 0.2) is 0 Å². The topological polar surface area (TPSA) is 85.6 Å². The molecule has 1 unspecified atom stereocenters. The van der Waals surface area contributed by atoms with Gasteiger partial charge in [-0.15, -0.1) is 0 Å². The van der Waals surface area contributed by atoms with Crippen molar-refractivity contribution < 1.29 is 14.6 Å². The van der Waals surface area contributed by atoms with Crippen LogP contribution in [-0.4, -0.2) is 43.9 Å². The molecule has 6 nitrogen and oxygen atoms in total. The number of ether oxygens (including phenoxy) is 1. The molecule has 0 aliphatic carbocycles. The van der Waals surface area contributed by atoms with Gasteiger partial charge in [-0.25, -0.2) is 0 Å². The third-order valence-electron chi connectivity index (χ3n) is 3.39. The Kier molecular flexibility index (Phi) is 5.55. The van der Waals surface area contributed by atoms with Crippen molar-refractivity contribution in [1.82, 2.24) is 5.32 Å². The molecule has 1 heterocycles. The second-order valence-corrected chi connectivity index (χ2v) is 4.85. The van der Waals surface area contributed by atoms with E-state index >= 15 is 0 Å². The fourth-order valence-electron chi connectivity index (χ4n) is 2.19. The standard InChI is InChI=1S/C15H19N3O3/c16-6-5-15(20)17-11-14(19)12-1-3-13(4-2-12)18-7-9-21-10-8-18/h1-4,14,19H,5,7-11H2,(H,17,20). The normalized spacial score (nSPS) is 16.1. The Bertz CT molecular complexity index is 504. The van der Waals surface area contributed by atoms with Crippen LogP contribution in [0.5, 0.6) is 0 Å². The molecule has 21 heavy (non-hydrogen) atoms. The second kappa shape index (κ2) is 7.62. The first-order valence-corrected chi connectivity index (χ1v) is 6.95. The van der Waals surface area contributed by atoms with Crippen LogP contribution in [0.15, 0.2) is 24.3 Å². The smallest absolute Gasteiger partial charge is 0.234 e. The Labute approximate surface area is 123 Å². The summed E-state index contributed by atoms with van der Waals surface area (Å²) in [4.78, 5) is 13.4. The first-order chi connectivity index (χ1) is 10.2. The van der Waals surface area contributed by atoms with Gasteiger partial charge in [0.1, 0.15) is 6.42 Å². The van der Waals surface area contributed by atoms with Crippen LogP contribution in [0.25, 0.3) is 0 Å². The molecule has 1 saturated heterocycles. The molecule has 0 radical (unpaired) electrons. The predicted molar refractivity (Wildman–Crippen MR) is 77.7 cm³/mol. The van der Waals surface area contributed by atoms with Crippen molar-refractivity contribution in [2.75, 3.05) is 37.7 Å². The van der Waals surface area contributed by atoms with Gasteiger partial charge in [-0.05, 0) is 17.7 Å². The van der Waals surface area contributed by atoms with E-state index in [2.05, 4.69) is 10.2 Å². The molecule has 0 bridgehead atoms. The van der Waals surface area contributed by atoms with Crippen LogP contribution in [0, 0.1) is 11.3 Å². The maximum atomic E-state index is 11.2. The molecule has 1 aliphatic heterocycles. The lowest BCUT2D eigenvalue weighted by molar-refractivity contribution is -0.120. The number of hydrogen-bond acceptors (Lipinski definition) is 5. The van der Waals surface area contributed by atoms with E-state index in [0.29, 0.717) is 0 Å². The van der Waals surface area contributed by atoms with E-state index in [9.17, 15) is 9.90 Å². The summed E-state index contributed by atoms with van der Waals surface area (Å²) < 4.78 is 5.31. The van der Waals surface area contributed by atoms with Crippen LogP contribution in [0.1, 0.15) is 18.1 Å². The number of amides is 1. The van der Waals surface area contributed by atoms with Crippen molar-refractivity contribution in [1.29, 1.82) is 5.26 Å². The monoisotopic (exact) mass is 289 g/mol. The van der Waals surface area contributed by atoms with Crippen molar-refractivity contribution in [3.05, 3.63) is 29.8 Å². The third-order valence-corrected chi connectivity index (χ3v) is 3.39. The zero-order valence-corrected chi connectivity index (χ0v) is 11.8. The number of aliphatic hydroxyl groups is 1. The predicted octanol–water partition coefficient (Wildman–Crippen LogP) is 0.586. The van der Waals surface area contributed by atoms with Gasteiger partial charge in [0, 0.05) is 25.3 Å². The molecular weight excluding hydrogens is 270 g/mol. The van der Waals surface area contributed by atoms with Crippen LogP contribution in [0.2, 0.25) is 0 Å². The molecule has 0 saturated carbocycles.